The molecule has 0 aliphatic heterocycles. The number of nitrogens with one attached hydrogen (secondary N) is 1. The average molecular weight is 295 g/mol. The molecule has 1 aromatic heterocycles. The number of pyridine rings is 1. The SMILES string of the molecule is [2H]N(CCCCCCl)c1c([N+](=O)[O-])cnc2ccccc12. The van der Waals surface area contributed by atoms with E-state index in [1.54, 1.807) is 18.2 Å². The molecular formula is C14H16ClN3O2. The summed E-state index contributed by atoms with van der Waals surface area (Å²) in [7, 11) is 0. The molecule has 0 spiro atoms. The smallest absolute Gasteiger partial charge is 0.311 e. The number of rotatable bonds is 7. The topological polar surface area (TPSA) is 68.1 Å². The van der Waals surface area contributed by atoms with Gasteiger partial charge in [0.2, 0.25) is 0 Å². The third-order valence-electron chi connectivity index (χ3n) is 2.99. The van der Waals surface area contributed by atoms with Crippen molar-refractivity contribution >= 4 is 33.9 Å². The molecule has 0 radical (unpaired) electrons. The minimum absolute atomic E-state index is 0.138. The predicted molar refractivity (Wildman–Crippen MR) is 81.5 cm³/mol. The Morgan fingerprint density at radius 3 is 2.90 bits per heavy atom. The van der Waals surface area contributed by atoms with E-state index >= 15 is 0 Å². The number of nitrogens with zero attached hydrogens (tertiary/aromatic N) is 2. The molecule has 1 heterocycles. The molecule has 6 heteroatoms. The number of fused-ring (bicyclic) bond motifs is 1. The van der Waals surface area contributed by atoms with Crippen molar-refractivity contribution in [1.82, 2.24) is 4.98 Å². The highest BCUT2D eigenvalue weighted by molar-refractivity contribution is 6.17. The van der Waals surface area contributed by atoms with Crippen molar-refractivity contribution in [3.63, 3.8) is 0 Å². The quantitative estimate of drug-likeness (QED) is 0.363. The molecule has 5 nitrogen and oxygen atoms in total. The monoisotopic (exact) mass is 294 g/mol. The fourth-order valence-electron chi connectivity index (χ4n) is 1.99. The van der Waals surface area contributed by atoms with Crippen molar-refractivity contribution in [3.8, 4) is 0 Å². The van der Waals surface area contributed by atoms with Crippen LogP contribution in [-0.4, -0.2) is 22.3 Å². The zero-order chi connectivity index (χ0) is 15.2. The summed E-state index contributed by atoms with van der Waals surface area (Å²) >= 11 is 5.62. The van der Waals surface area contributed by atoms with Crippen LogP contribution in [0.1, 0.15) is 19.3 Å². The molecule has 2 rings (SSSR count). The van der Waals surface area contributed by atoms with Gasteiger partial charge in [-0.2, -0.15) is 0 Å². The number of benzene rings is 1. The Labute approximate surface area is 123 Å². The van der Waals surface area contributed by atoms with Gasteiger partial charge in [-0.25, -0.2) is 4.98 Å². The van der Waals surface area contributed by atoms with Crippen LogP contribution in [0.5, 0.6) is 0 Å². The largest absolute Gasteiger partial charge is 0.379 e. The van der Waals surface area contributed by atoms with E-state index in [-0.39, 0.29) is 5.69 Å². The average Bonchev–Trinajstić information content (AvgIpc) is 2.50. The summed E-state index contributed by atoms with van der Waals surface area (Å²) in [5, 5.41) is 13.0. The van der Waals surface area contributed by atoms with E-state index in [1.165, 1.54) is 11.5 Å². The Bertz CT molecular complexity index is 639. The maximum absolute atomic E-state index is 11.2. The molecule has 2 aromatic rings. The van der Waals surface area contributed by atoms with Crippen LogP contribution >= 0.6 is 11.6 Å². The lowest BCUT2D eigenvalue weighted by atomic mass is 10.1. The minimum atomic E-state index is -0.491. The zero-order valence-corrected chi connectivity index (χ0v) is 11.7. The molecule has 0 unspecified atom stereocenters. The molecule has 1 N–H and O–H groups in total. The van der Waals surface area contributed by atoms with Crippen molar-refractivity contribution in [2.75, 3.05) is 17.7 Å². The van der Waals surface area contributed by atoms with Gasteiger partial charge < -0.3 is 5.31 Å². The normalized spacial score (nSPS) is 11.3. The van der Waals surface area contributed by atoms with Gasteiger partial charge in [-0.1, -0.05) is 24.6 Å². The summed E-state index contributed by atoms with van der Waals surface area (Å²) in [6.45, 7) is 0.422. The highest BCUT2D eigenvalue weighted by Crippen LogP contribution is 2.31. The molecule has 0 atom stereocenters. The first kappa shape index (κ1) is 13.1. The number of alkyl halides is 1. The standard InChI is InChI=1S/C14H16ClN3O2/c15-8-4-1-5-9-16-14-11-6-2-3-7-12(11)17-10-13(14)18(19)20/h2-3,6-7,10H,1,4-5,8-9H2,(H,16,17)/i/hD. The molecule has 0 amide bonds. The first-order valence-corrected chi connectivity index (χ1v) is 7.03. The predicted octanol–water partition coefficient (Wildman–Crippen LogP) is 3.96. The van der Waals surface area contributed by atoms with Crippen molar-refractivity contribution in [2.45, 2.75) is 19.3 Å². The van der Waals surface area contributed by atoms with E-state index in [9.17, 15) is 10.1 Å². The Morgan fingerprint density at radius 1 is 1.35 bits per heavy atom. The van der Waals surface area contributed by atoms with Crippen molar-refractivity contribution < 1.29 is 6.34 Å². The van der Waals surface area contributed by atoms with Gasteiger partial charge in [0, 0.05) is 17.8 Å². The van der Waals surface area contributed by atoms with E-state index in [0.717, 1.165) is 19.3 Å². The number of unbranched alkanes of at least 4 members (excludes halogenated alkanes) is 2. The van der Waals surface area contributed by atoms with Crippen LogP contribution in [0.15, 0.2) is 30.5 Å². The summed E-state index contributed by atoms with van der Waals surface area (Å²) in [4.78, 5) is 14.8. The van der Waals surface area contributed by atoms with Gasteiger partial charge in [-0.05, 0) is 18.9 Å². The molecule has 106 valence electrons. The van der Waals surface area contributed by atoms with E-state index in [4.69, 9.17) is 13.0 Å². The number of para-hydroxylation sites is 1. The first-order chi connectivity index (χ1) is 10.1. The Kier molecular flexibility index (Phi) is 4.62. The van der Waals surface area contributed by atoms with Gasteiger partial charge in [0.25, 0.3) is 0 Å². The number of hydrogen-bond acceptors (Lipinski definition) is 4. The van der Waals surface area contributed by atoms with Gasteiger partial charge in [0.1, 0.15) is 11.9 Å². The van der Waals surface area contributed by atoms with Crippen LogP contribution < -0.4 is 5.31 Å². The fraction of sp³-hybridized carbons (Fsp3) is 0.357. The third-order valence-corrected chi connectivity index (χ3v) is 3.25. The van der Waals surface area contributed by atoms with Crippen LogP contribution in [0.3, 0.4) is 0 Å². The molecule has 0 fully saturated rings. The zero-order valence-electron chi connectivity index (χ0n) is 12.0. The van der Waals surface area contributed by atoms with Crippen LogP contribution in [0.2, 0.25) is 1.41 Å². The van der Waals surface area contributed by atoms with E-state index in [0.29, 0.717) is 29.0 Å². The van der Waals surface area contributed by atoms with Crippen molar-refractivity contribution in [1.29, 1.82) is 0 Å². The van der Waals surface area contributed by atoms with Crippen molar-refractivity contribution in [3.05, 3.63) is 40.6 Å². The van der Waals surface area contributed by atoms with E-state index in [1.807, 2.05) is 6.07 Å². The fourth-order valence-corrected chi connectivity index (χ4v) is 2.18. The van der Waals surface area contributed by atoms with Crippen LogP contribution in [-0.2, 0) is 0 Å². The highest BCUT2D eigenvalue weighted by Gasteiger charge is 2.17. The molecule has 0 saturated carbocycles. The third kappa shape index (κ3) is 3.36. The number of aromatic nitrogens is 1. The molecule has 0 saturated heterocycles. The Morgan fingerprint density at radius 2 is 2.15 bits per heavy atom. The number of nitro groups is 1. The lowest BCUT2D eigenvalue weighted by molar-refractivity contribution is -0.384. The second kappa shape index (κ2) is 7.05. The summed E-state index contributed by atoms with van der Waals surface area (Å²) in [5.74, 6) is 0.594. The van der Waals surface area contributed by atoms with E-state index in [2.05, 4.69) is 4.98 Å². The van der Waals surface area contributed by atoms with Gasteiger partial charge in [0.05, 0.1) is 10.4 Å². The second-order valence-corrected chi connectivity index (χ2v) is 4.78. The highest BCUT2D eigenvalue weighted by atomic mass is 35.5. The second-order valence-electron chi connectivity index (χ2n) is 4.40. The molecule has 0 bridgehead atoms. The van der Waals surface area contributed by atoms with Crippen molar-refractivity contribution in [2.24, 2.45) is 0 Å². The van der Waals surface area contributed by atoms with Crippen LogP contribution in [0.25, 0.3) is 10.9 Å². The Balaban J connectivity index is 2.34. The maximum atomic E-state index is 11.2. The van der Waals surface area contributed by atoms with E-state index < -0.39 is 4.92 Å². The number of anilines is 1. The molecule has 0 aliphatic rings. The number of halogens is 1. The van der Waals surface area contributed by atoms with Crippen LogP contribution in [0.4, 0.5) is 11.4 Å². The molecule has 0 aliphatic carbocycles. The molecule has 1 aromatic carbocycles. The summed E-state index contributed by atoms with van der Waals surface area (Å²) in [6.07, 6.45) is 3.77. The lowest BCUT2D eigenvalue weighted by Gasteiger charge is -2.09. The summed E-state index contributed by atoms with van der Waals surface area (Å²) in [6, 6.07) is 7.15. The van der Waals surface area contributed by atoms with Gasteiger partial charge in [-0.3, -0.25) is 10.1 Å². The Hall–Kier alpha value is -1.88. The first-order valence-electron chi connectivity index (χ1n) is 6.94. The summed E-state index contributed by atoms with van der Waals surface area (Å²) < 4.78 is 8.13. The van der Waals surface area contributed by atoms with Gasteiger partial charge in [0.15, 0.2) is 1.41 Å². The maximum Gasteiger partial charge on any atom is 0.311 e. The molecule has 20 heavy (non-hydrogen) atoms. The minimum Gasteiger partial charge on any atom is -0.379 e. The lowest BCUT2D eigenvalue weighted by Crippen LogP contribution is -2.05. The van der Waals surface area contributed by atoms with Crippen LogP contribution in [0, 0.1) is 10.1 Å². The summed E-state index contributed by atoms with van der Waals surface area (Å²) in [5.41, 5.74) is 0.814. The number of hydrogen-bond donors (Lipinski definition) is 1. The van der Waals surface area contributed by atoms with Gasteiger partial charge in [-0.15, -0.1) is 11.6 Å². The van der Waals surface area contributed by atoms with Gasteiger partial charge >= 0.3 is 5.69 Å². The molecular weight excluding hydrogens is 278 g/mol.